The average molecular weight is 656 g/mol. The Morgan fingerprint density at radius 1 is 0.650 bits per heavy atom. The van der Waals surface area contributed by atoms with Crippen molar-refractivity contribution >= 4 is 106 Å². The van der Waals surface area contributed by atoms with Crippen LogP contribution in [0.1, 0.15) is 20.8 Å². The van der Waals surface area contributed by atoms with Gasteiger partial charge in [0.2, 0.25) is 0 Å². The summed E-state index contributed by atoms with van der Waals surface area (Å²) in [6.07, 6.45) is 0. The van der Waals surface area contributed by atoms with Crippen LogP contribution < -0.4 is 0 Å². The molecule has 0 amide bonds. The van der Waals surface area contributed by atoms with Gasteiger partial charge < -0.3 is 0 Å². The van der Waals surface area contributed by atoms with Crippen molar-refractivity contribution in [3.63, 3.8) is 0 Å². The van der Waals surface area contributed by atoms with Crippen molar-refractivity contribution in [1.82, 2.24) is 0 Å². The lowest BCUT2D eigenvalue weighted by Crippen LogP contribution is -2.30. The van der Waals surface area contributed by atoms with Crippen LogP contribution in [-0.2, 0) is 0 Å². The predicted molar refractivity (Wildman–Crippen MR) is 108 cm³/mol. The molecule has 0 unspecified atom stereocenters. The number of rotatable bonds is 0. The predicted octanol–water partition coefficient (Wildman–Crippen LogP) is 7.78. The van der Waals surface area contributed by atoms with Gasteiger partial charge in [-0.25, -0.2) is 0 Å². The Morgan fingerprint density at radius 2 is 1.00 bits per heavy atom. The SMILES string of the molecule is Brc1c2c(c(Br)c3ccccc13)[C@H](Br)[C@@H](Br)[C@@H](Br)[C@@H]2Br. The normalized spacial score (nSPS) is 29.5. The summed E-state index contributed by atoms with van der Waals surface area (Å²) in [5, 5.41) is 2.46. The highest BCUT2D eigenvalue weighted by Crippen LogP contribution is 2.56. The Kier molecular flexibility index (Phi) is 5.12. The topological polar surface area (TPSA) is 0 Å². The van der Waals surface area contributed by atoms with E-state index >= 15 is 0 Å². The first kappa shape index (κ1) is 16.4. The van der Waals surface area contributed by atoms with Crippen LogP contribution in [0.2, 0.25) is 0 Å². The Morgan fingerprint density at radius 3 is 1.35 bits per heavy atom. The number of fused-ring (bicyclic) bond motifs is 2. The zero-order chi connectivity index (χ0) is 14.6. The highest BCUT2D eigenvalue weighted by atomic mass is 79.9. The van der Waals surface area contributed by atoms with Gasteiger partial charge in [0.15, 0.2) is 0 Å². The van der Waals surface area contributed by atoms with Crippen LogP contribution in [0, 0.1) is 0 Å². The Balaban J connectivity index is 2.43. The Hall–Kier alpha value is 1.58. The molecule has 0 fully saturated rings. The fourth-order valence-electron chi connectivity index (χ4n) is 2.57. The molecule has 0 saturated carbocycles. The molecule has 0 saturated heterocycles. The molecule has 1 aliphatic rings. The zero-order valence-electron chi connectivity index (χ0n) is 9.89. The Bertz CT molecular complexity index is 624. The van der Waals surface area contributed by atoms with Crippen LogP contribution in [0.4, 0.5) is 0 Å². The van der Waals surface area contributed by atoms with Crippen molar-refractivity contribution in [2.45, 2.75) is 19.3 Å². The minimum Gasteiger partial charge on any atom is -0.0862 e. The summed E-state index contributed by atoms with van der Waals surface area (Å²) >= 11 is 22.9. The van der Waals surface area contributed by atoms with Crippen LogP contribution in [0.3, 0.4) is 0 Å². The van der Waals surface area contributed by atoms with Gasteiger partial charge in [0.25, 0.3) is 0 Å². The van der Waals surface area contributed by atoms with Gasteiger partial charge in [0, 0.05) is 18.6 Å². The molecule has 0 N–H and O–H groups in total. The third kappa shape index (κ3) is 2.44. The van der Waals surface area contributed by atoms with Crippen molar-refractivity contribution in [1.29, 1.82) is 0 Å². The summed E-state index contributed by atoms with van der Waals surface area (Å²) in [5.41, 5.74) is 2.60. The second-order valence-corrected chi connectivity index (χ2v) is 10.4. The van der Waals surface area contributed by atoms with Crippen LogP contribution in [0.25, 0.3) is 10.8 Å². The fourth-order valence-corrected chi connectivity index (χ4v) is 8.37. The summed E-state index contributed by atoms with van der Waals surface area (Å²) in [4.78, 5) is 1.10. The molecule has 0 bridgehead atoms. The highest BCUT2D eigenvalue weighted by molar-refractivity contribution is 9.14. The van der Waals surface area contributed by atoms with Crippen molar-refractivity contribution in [2.24, 2.45) is 0 Å². The number of hydrogen-bond acceptors (Lipinski definition) is 0. The molecule has 0 spiro atoms. The molecular formula is C14H8Br6. The van der Waals surface area contributed by atoms with E-state index in [0.717, 1.165) is 0 Å². The molecule has 20 heavy (non-hydrogen) atoms. The third-order valence-corrected chi connectivity index (χ3v) is 11.7. The maximum Gasteiger partial charge on any atom is 0.0546 e. The van der Waals surface area contributed by atoms with E-state index < -0.39 is 0 Å². The van der Waals surface area contributed by atoms with E-state index in [4.69, 9.17) is 0 Å². The van der Waals surface area contributed by atoms with Crippen LogP contribution in [-0.4, -0.2) is 9.65 Å². The molecular weight excluding hydrogens is 648 g/mol. The van der Waals surface area contributed by atoms with Gasteiger partial charge in [-0.2, -0.15) is 0 Å². The average Bonchev–Trinajstić information content (AvgIpc) is 2.46. The quantitative estimate of drug-likeness (QED) is 0.255. The first-order valence-electron chi connectivity index (χ1n) is 5.91. The smallest absolute Gasteiger partial charge is 0.0546 e. The first-order valence-corrected chi connectivity index (χ1v) is 11.2. The molecule has 4 atom stereocenters. The van der Waals surface area contributed by atoms with E-state index in [1.54, 1.807) is 0 Å². The number of halogens is 6. The molecule has 0 nitrogen and oxygen atoms in total. The van der Waals surface area contributed by atoms with E-state index in [-0.39, 0.29) is 9.65 Å². The molecule has 106 valence electrons. The van der Waals surface area contributed by atoms with E-state index in [1.807, 2.05) is 0 Å². The summed E-state index contributed by atoms with van der Waals surface area (Å²) < 4.78 is 2.34. The summed E-state index contributed by atoms with van der Waals surface area (Å²) in [7, 11) is 0. The second-order valence-electron chi connectivity index (χ2n) is 4.69. The summed E-state index contributed by atoms with van der Waals surface area (Å²) in [5.74, 6) is 0. The molecule has 0 radical (unpaired) electrons. The van der Waals surface area contributed by atoms with E-state index in [9.17, 15) is 0 Å². The molecule has 2 aromatic carbocycles. The van der Waals surface area contributed by atoms with Crippen molar-refractivity contribution in [3.8, 4) is 0 Å². The Labute approximate surface area is 168 Å². The number of hydrogen-bond donors (Lipinski definition) is 0. The molecule has 0 aromatic heterocycles. The first-order chi connectivity index (χ1) is 9.45. The molecule has 0 heterocycles. The van der Waals surface area contributed by atoms with E-state index in [0.29, 0.717) is 9.65 Å². The number of benzene rings is 2. The van der Waals surface area contributed by atoms with Crippen molar-refractivity contribution in [3.05, 3.63) is 44.3 Å². The van der Waals surface area contributed by atoms with Crippen LogP contribution in [0.15, 0.2) is 33.2 Å². The van der Waals surface area contributed by atoms with Gasteiger partial charge >= 0.3 is 0 Å². The minimum absolute atomic E-state index is 0.242. The lowest BCUT2D eigenvalue weighted by molar-refractivity contribution is 0.725. The molecule has 0 aliphatic heterocycles. The van der Waals surface area contributed by atoms with Gasteiger partial charge in [-0.1, -0.05) is 88.0 Å². The van der Waals surface area contributed by atoms with Gasteiger partial charge in [-0.3, -0.25) is 0 Å². The standard InChI is InChI=1S/C14H8Br6/c15-9-5-3-1-2-4-6(5)10(16)8-7(9)11(17)13(19)14(20)12(8)18/h1-4,11-14H/t11-,12+,13+,14-. The molecule has 3 rings (SSSR count). The molecule has 2 aromatic rings. The monoisotopic (exact) mass is 650 g/mol. The van der Waals surface area contributed by atoms with Crippen LogP contribution >= 0.6 is 95.6 Å². The number of alkyl halides is 4. The van der Waals surface area contributed by atoms with Crippen LogP contribution in [0.5, 0.6) is 0 Å². The second kappa shape index (κ2) is 6.23. The maximum absolute atomic E-state index is 3.84. The van der Waals surface area contributed by atoms with Crippen molar-refractivity contribution in [2.75, 3.05) is 0 Å². The van der Waals surface area contributed by atoms with Gasteiger partial charge in [-0.05, 0) is 53.8 Å². The van der Waals surface area contributed by atoms with E-state index in [1.165, 1.54) is 30.8 Å². The largest absolute Gasteiger partial charge is 0.0862 e. The third-order valence-electron chi connectivity index (χ3n) is 3.58. The van der Waals surface area contributed by atoms with Gasteiger partial charge in [0.1, 0.15) is 0 Å². The van der Waals surface area contributed by atoms with Crippen molar-refractivity contribution < 1.29 is 0 Å². The van der Waals surface area contributed by atoms with Gasteiger partial charge in [-0.15, -0.1) is 0 Å². The van der Waals surface area contributed by atoms with E-state index in [2.05, 4.69) is 120 Å². The molecule has 6 heteroatoms. The zero-order valence-corrected chi connectivity index (χ0v) is 19.4. The lowest BCUT2D eigenvalue weighted by atomic mass is 9.89. The summed E-state index contributed by atoms with van der Waals surface area (Å²) in [6, 6.07) is 8.44. The highest BCUT2D eigenvalue weighted by Gasteiger charge is 2.41. The van der Waals surface area contributed by atoms with Gasteiger partial charge in [0.05, 0.1) is 9.65 Å². The summed E-state index contributed by atoms with van der Waals surface area (Å²) in [6.45, 7) is 0. The lowest BCUT2D eigenvalue weighted by Gasteiger charge is -2.36. The molecule has 1 aliphatic carbocycles. The fraction of sp³-hybridized carbons (Fsp3) is 0.286. The minimum atomic E-state index is 0.242. The maximum atomic E-state index is 3.84.